The molecule has 0 atom stereocenters. The van der Waals surface area contributed by atoms with Crippen molar-refractivity contribution in [3.63, 3.8) is 0 Å². The quantitative estimate of drug-likeness (QED) is 0.500. The molecular formula is C23H27F3N6O3. The van der Waals surface area contributed by atoms with Crippen LogP contribution in [0.15, 0.2) is 30.3 Å². The predicted octanol–water partition coefficient (Wildman–Crippen LogP) is 3.43. The average Bonchev–Trinajstić information content (AvgIpc) is 3.31. The number of aromatic nitrogens is 4. The standard InChI is InChI=1S/C23H27F3N6O3/c1-4-30(14-15-5-6-17(34-2)18(13-15)35-3)21(33)16-9-11-31(12-10-16)20-8-7-19-27-28-22(23(24,25)26)32(19)29-20/h5-8,13,16H,4,9-12,14H2,1-3H3. The number of halogens is 3. The van der Waals surface area contributed by atoms with E-state index in [9.17, 15) is 18.0 Å². The first kappa shape index (κ1) is 24.6. The molecule has 9 nitrogen and oxygen atoms in total. The minimum atomic E-state index is -4.65. The van der Waals surface area contributed by atoms with Crippen molar-refractivity contribution in [2.45, 2.75) is 32.5 Å². The number of nitrogens with zero attached hydrogens (tertiary/aromatic N) is 6. The van der Waals surface area contributed by atoms with Gasteiger partial charge in [-0.15, -0.1) is 15.3 Å². The molecule has 0 bridgehead atoms. The molecule has 0 spiro atoms. The van der Waals surface area contributed by atoms with Crippen LogP contribution < -0.4 is 14.4 Å². The van der Waals surface area contributed by atoms with Crippen molar-refractivity contribution in [3.8, 4) is 11.5 Å². The van der Waals surface area contributed by atoms with Gasteiger partial charge in [-0.05, 0) is 49.6 Å². The van der Waals surface area contributed by atoms with Crippen LogP contribution in [0.5, 0.6) is 11.5 Å². The number of rotatable bonds is 7. The van der Waals surface area contributed by atoms with Gasteiger partial charge in [0.2, 0.25) is 5.91 Å². The fourth-order valence-electron chi connectivity index (χ4n) is 4.28. The van der Waals surface area contributed by atoms with E-state index < -0.39 is 12.0 Å². The molecule has 3 heterocycles. The van der Waals surface area contributed by atoms with Crippen LogP contribution in [0.1, 0.15) is 31.2 Å². The maximum absolute atomic E-state index is 13.2. The van der Waals surface area contributed by atoms with E-state index in [2.05, 4.69) is 15.3 Å². The highest BCUT2D eigenvalue weighted by Crippen LogP contribution is 2.30. The van der Waals surface area contributed by atoms with Crippen molar-refractivity contribution in [1.29, 1.82) is 0 Å². The lowest BCUT2D eigenvalue weighted by Gasteiger charge is -2.34. The van der Waals surface area contributed by atoms with Gasteiger partial charge in [0.25, 0.3) is 5.82 Å². The molecule has 1 saturated heterocycles. The summed E-state index contributed by atoms with van der Waals surface area (Å²) in [4.78, 5) is 16.9. The SMILES string of the molecule is CCN(Cc1ccc(OC)c(OC)c1)C(=O)C1CCN(c2ccc3nnc(C(F)(F)F)n3n2)CC1. The number of benzene rings is 1. The van der Waals surface area contributed by atoms with Gasteiger partial charge in [-0.25, -0.2) is 0 Å². The number of hydrogen-bond acceptors (Lipinski definition) is 7. The van der Waals surface area contributed by atoms with E-state index in [0.29, 0.717) is 60.9 Å². The molecule has 188 valence electrons. The van der Waals surface area contributed by atoms with Crippen LogP contribution in [-0.4, -0.2) is 64.5 Å². The van der Waals surface area contributed by atoms with E-state index >= 15 is 0 Å². The van der Waals surface area contributed by atoms with E-state index in [-0.39, 0.29) is 17.5 Å². The number of fused-ring (bicyclic) bond motifs is 1. The molecule has 1 aromatic carbocycles. The van der Waals surface area contributed by atoms with Crippen molar-refractivity contribution in [1.82, 2.24) is 24.7 Å². The maximum atomic E-state index is 13.2. The van der Waals surface area contributed by atoms with Crippen LogP contribution >= 0.6 is 0 Å². The Balaban J connectivity index is 1.42. The second-order valence-electron chi connectivity index (χ2n) is 8.29. The molecular weight excluding hydrogens is 465 g/mol. The van der Waals surface area contributed by atoms with E-state index in [4.69, 9.17) is 9.47 Å². The molecule has 1 aliphatic rings. The summed E-state index contributed by atoms with van der Waals surface area (Å²) in [5, 5.41) is 10.9. The number of carbonyl (C=O) groups excluding carboxylic acids is 1. The molecule has 0 aliphatic carbocycles. The van der Waals surface area contributed by atoms with Gasteiger partial charge in [-0.3, -0.25) is 4.79 Å². The molecule has 0 N–H and O–H groups in total. The van der Waals surface area contributed by atoms with Crippen molar-refractivity contribution in [2.75, 3.05) is 38.8 Å². The minimum Gasteiger partial charge on any atom is -0.493 e. The third-order valence-electron chi connectivity index (χ3n) is 6.19. The first-order valence-electron chi connectivity index (χ1n) is 11.3. The number of methoxy groups -OCH3 is 2. The highest BCUT2D eigenvalue weighted by Gasteiger charge is 2.38. The van der Waals surface area contributed by atoms with E-state index in [0.717, 1.165) is 5.56 Å². The van der Waals surface area contributed by atoms with Gasteiger partial charge in [0.05, 0.1) is 14.2 Å². The molecule has 0 saturated carbocycles. The summed E-state index contributed by atoms with van der Waals surface area (Å²) >= 11 is 0. The third kappa shape index (κ3) is 5.10. The van der Waals surface area contributed by atoms with Gasteiger partial charge >= 0.3 is 6.18 Å². The highest BCUT2D eigenvalue weighted by atomic mass is 19.4. The Labute approximate surface area is 200 Å². The van der Waals surface area contributed by atoms with Gasteiger partial charge < -0.3 is 19.3 Å². The summed E-state index contributed by atoms with van der Waals surface area (Å²) in [5.41, 5.74) is 0.960. The Morgan fingerprint density at radius 2 is 1.80 bits per heavy atom. The third-order valence-corrected chi connectivity index (χ3v) is 6.19. The van der Waals surface area contributed by atoms with Crippen molar-refractivity contribution >= 4 is 17.4 Å². The van der Waals surface area contributed by atoms with Crippen LogP contribution in [0.25, 0.3) is 5.65 Å². The lowest BCUT2D eigenvalue weighted by atomic mass is 9.95. The van der Waals surface area contributed by atoms with E-state index in [1.165, 1.54) is 6.07 Å². The lowest BCUT2D eigenvalue weighted by molar-refractivity contribution is -0.146. The molecule has 1 aliphatic heterocycles. The molecule has 12 heteroatoms. The molecule has 1 fully saturated rings. The fraction of sp³-hybridized carbons (Fsp3) is 0.478. The fourth-order valence-corrected chi connectivity index (χ4v) is 4.28. The van der Waals surface area contributed by atoms with Gasteiger partial charge in [-0.1, -0.05) is 6.07 Å². The zero-order chi connectivity index (χ0) is 25.2. The number of hydrogen-bond donors (Lipinski definition) is 0. The number of alkyl halides is 3. The van der Waals surface area contributed by atoms with Crippen molar-refractivity contribution in [3.05, 3.63) is 41.7 Å². The Morgan fingerprint density at radius 1 is 1.09 bits per heavy atom. The summed E-state index contributed by atoms with van der Waals surface area (Å²) in [7, 11) is 3.14. The molecule has 2 aromatic heterocycles. The van der Waals surface area contributed by atoms with Crippen LogP contribution in [-0.2, 0) is 17.5 Å². The van der Waals surface area contributed by atoms with Crippen LogP contribution in [0, 0.1) is 5.92 Å². The van der Waals surface area contributed by atoms with Crippen LogP contribution in [0.2, 0.25) is 0 Å². The molecule has 0 unspecified atom stereocenters. The van der Waals surface area contributed by atoms with E-state index in [1.807, 2.05) is 30.0 Å². The van der Waals surface area contributed by atoms with Gasteiger partial charge in [0, 0.05) is 32.1 Å². The number of ether oxygens (including phenoxy) is 2. The Morgan fingerprint density at radius 3 is 2.43 bits per heavy atom. The Hall–Kier alpha value is -3.57. The second kappa shape index (κ2) is 9.96. The summed E-state index contributed by atoms with van der Waals surface area (Å²) in [6, 6.07) is 8.67. The topological polar surface area (TPSA) is 85.1 Å². The zero-order valence-corrected chi connectivity index (χ0v) is 19.7. The maximum Gasteiger partial charge on any atom is 0.453 e. The number of piperidine rings is 1. The molecule has 35 heavy (non-hydrogen) atoms. The summed E-state index contributed by atoms with van der Waals surface area (Å²) in [6.45, 7) is 3.95. The van der Waals surface area contributed by atoms with Gasteiger partial charge in [0.15, 0.2) is 17.1 Å². The van der Waals surface area contributed by atoms with Crippen molar-refractivity contribution in [2.24, 2.45) is 5.92 Å². The van der Waals surface area contributed by atoms with Gasteiger partial charge in [-0.2, -0.15) is 17.7 Å². The largest absolute Gasteiger partial charge is 0.493 e. The van der Waals surface area contributed by atoms with Crippen molar-refractivity contribution < 1.29 is 27.4 Å². The van der Waals surface area contributed by atoms with Crippen LogP contribution in [0.4, 0.5) is 19.0 Å². The normalized spacial score (nSPS) is 14.9. The second-order valence-corrected chi connectivity index (χ2v) is 8.29. The molecule has 0 radical (unpaired) electrons. The Kier molecular flexibility index (Phi) is 6.99. The monoisotopic (exact) mass is 492 g/mol. The number of anilines is 1. The minimum absolute atomic E-state index is 0.0277. The van der Waals surface area contributed by atoms with Crippen LogP contribution in [0.3, 0.4) is 0 Å². The lowest BCUT2D eigenvalue weighted by Crippen LogP contribution is -2.42. The zero-order valence-electron chi connectivity index (χ0n) is 19.7. The summed E-state index contributed by atoms with van der Waals surface area (Å²) in [6.07, 6.45) is -3.49. The molecule has 4 rings (SSSR count). The average molecular weight is 493 g/mol. The predicted molar refractivity (Wildman–Crippen MR) is 121 cm³/mol. The number of amides is 1. The summed E-state index contributed by atoms with van der Waals surface area (Å²) < 4.78 is 50.9. The summed E-state index contributed by atoms with van der Waals surface area (Å²) in [5.74, 6) is 0.352. The highest BCUT2D eigenvalue weighted by molar-refractivity contribution is 5.79. The first-order valence-corrected chi connectivity index (χ1v) is 11.3. The number of carbonyl (C=O) groups is 1. The van der Waals surface area contributed by atoms with E-state index in [1.54, 1.807) is 25.2 Å². The molecule has 3 aromatic rings. The Bertz CT molecular complexity index is 1190. The smallest absolute Gasteiger partial charge is 0.453 e. The molecule has 1 amide bonds. The first-order chi connectivity index (χ1) is 16.7. The van der Waals surface area contributed by atoms with Gasteiger partial charge in [0.1, 0.15) is 5.82 Å².